The lowest BCUT2D eigenvalue weighted by atomic mass is 10.1. The van der Waals surface area contributed by atoms with Gasteiger partial charge in [0, 0.05) is 18.0 Å². The lowest BCUT2D eigenvalue weighted by Gasteiger charge is -2.08. The summed E-state index contributed by atoms with van der Waals surface area (Å²) in [6.45, 7) is 1.78. The molecule has 94 valence electrons. The molecule has 2 heterocycles. The molecule has 0 aliphatic heterocycles. The van der Waals surface area contributed by atoms with Gasteiger partial charge in [0.1, 0.15) is 5.69 Å². The molecule has 18 heavy (non-hydrogen) atoms. The third kappa shape index (κ3) is 2.76. The van der Waals surface area contributed by atoms with E-state index in [9.17, 15) is 13.2 Å². The van der Waals surface area contributed by atoms with E-state index in [2.05, 4.69) is 15.0 Å². The summed E-state index contributed by atoms with van der Waals surface area (Å²) in [5, 5.41) is -0.443. The molecule has 2 aromatic heterocycles. The normalized spacial score (nSPS) is 11.6. The van der Waals surface area contributed by atoms with Gasteiger partial charge in [0.05, 0.1) is 5.69 Å². The maximum absolute atomic E-state index is 12.6. The van der Waals surface area contributed by atoms with Crippen LogP contribution < -0.4 is 0 Å². The highest BCUT2D eigenvalue weighted by molar-refractivity contribution is 6.28. The van der Waals surface area contributed by atoms with E-state index in [1.165, 1.54) is 6.20 Å². The first-order valence-electron chi connectivity index (χ1n) is 4.90. The van der Waals surface area contributed by atoms with Gasteiger partial charge in [-0.2, -0.15) is 13.2 Å². The first-order chi connectivity index (χ1) is 8.36. The first-order valence-corrected chi connectivity index (χ1v) is 5.28. The Morgan fingerprint density at radius 1 is 1.11 bits per heavy atom. The van der Waals surface area contributed by atoms with Crippen LogP contribution in [0.2, 0.25) is 5.28 Å². The molecule has 0 radical (unpaired) electrons. The topological polar surface area (TPSA) is 38.7 Å². The van der Waals surface area contributed by atoms with E-state index < -0.39 is 17.2 Å². The molecule has 0 amide bonds. The van der Waals surface area contributed by atoms with Crippen LogP contribution in [0.1, 0.15) is 11.3 Å². The van der Waals surface area contributed by atoms with Gasteiger partial charge in [-0.3, -0.25) is 4.98 Å². The second-order valence-electron chi connectivity index (χ2n) is 3.66. The van der Waals surface area contributed by atoms with Crippen molar-refractivity contribution in [2.75, 3.05) is 0 Å². The van der Waals surface area contributed by atoms with Crippen molar-refractivity contribution in [3.8, 4) is 11.3 Å². The van der Waals surface area contributed by atoms with Crippen LogP contribution >= 0.6 is 11.6 Å². The SMILES string of the molecule is Cc1cncc(-c2cc(C(F)(F)F)nc(Cl)n2)c1. The number of alkyl halides is 3. The van der Waals surface area contributed by atoms with Gasteiger partial charge in [-0.15, -0.1) is 0 Å². The molecule has 3 nitrogen and oxygen atoms in total. The van der Waals surface area contributed by atoms with Gasteiger partial charge in [-0.25, -0.2) is 9.97 Å². The van der Waals surface area contributed by atoms with Crippen molar-refractivity contribution in [2.45, 2.75) is 13.1 Å². The Bertz CT molecular complexity index is 584. The van der Waals surface area contributed by atoms with Gasteiger partial charge >= 0.3 is 6.18 Å². The number of hydrogen-bond acceptors (Lipinski definition) is 3. The molecule has 0 aliphatic carbocycles. The molecule has 0 bridgehead atoms. The first kappa shape index (κ1) is 12.8. The van der Waals surface area contributed by atoms with Gasteiger partial charge in [0.2, 0.25) is 5.28 Å². The number of rotatable bonds is 1. The van der Waals surface area contributed by atoms with Crippen molar-refractivity contribution in [1.29, 1.82) is 0 Å². The average Bonchev–Trinajstić information content (AvgIpc) is 2.27. The van der Waals surface area contributed by atoms with Crippen LogP contribution in [0, 0.1) is 6.92 Å². The molecule has 0 spiro atoms. The van der Waals surface area contributed by atoms with Crippen molar-refractivity contribution < 1.29 is 13.2 Å². The minimum Gasteiger partial charge on any atom is -0.264 e. The van der Waals surface area contributed by atoms with E-state index in [4.69, 9.17) is 11.6 Å². The van der Waals surface area contributed by atoms with Crippen molar-refractivity contribution in [3.05, 3.63) is 41.1 Å². The van der Waals surface area contributed by atoms with E-state index >= 15 is 0 Å². The fraction of sp³-hybridized carbons (Fsp3) is 0.182. The van der Waals surface area contributed by atoms with Crippen molar-refractivity contribution in [3.63, 3.8) is 0 Å². The predicted molar refractivity (Wildman–Crippen MR) is 60.0 cm³/mol. The number of halogens is 4. The van der Waals surface area contributed by atoms with Gasteiger partial charge in [0.15, 0.2) is 0 Å². The number of pyridine rings is 1. The molecule has 0 atom stereocenters. The van der Waals surface area contributed by atoms with Crippen LogP contribution in [0.15, 0.2) is 24.5 Å². The molecule has 0 fully saturated rings. The molecule has 0 saturated carbocycles. The smallest absolute Gasteiger partial charge is 0.264 e. The van der Waals surface area contributed by atoms with Gasteiger partial charge in [-0.1, -0.05) is 0 Å². The summed E-state index contributed by atoms with van der Waals surface area (Å²) in [4.78, 5) is 10.8. The molecule has 0 aliphatic rings. The van der Waals surface area contributed by atoms with Gasteiger partial charge in [0.25, 0.3) is 0 Å². The third-order valence-corrected chi connectivity index (χ3v) is 2.33. The fourth-order valence-corrected chi connectivity index (χ4v) is 1.59. The monoisotopic (exact) mass is 273 g/mol. The van der Waals surface area contributed by atoms with Crippen LogP contribution in [0.4, 0.5) is 13.2 Å². The molecular weight excluding hydrogens is 267 g/mol. The van der Waals surface area contributed by atoms with E-state index in [1.807, 2.05) is 0 Å². The molecule has 0 unspecified atom stereocenters. The number of aryl methyl sites for hydroxylation is 1. The Morgan fingerprint density at radius 2 is 1.83 bits per heavy atom. The second-order valence-corrected chi connectivity index (χ2v) is 3.99. The standard InChI is InChI=1S/C11H7ClF3N3/c1-6-2-7(5-16-4-6)8-3-9(11(13,14)15)18-10(12)17-8/h2-5H,1H3. The van der Waals surface area contributed by atoms with E-state index in [0.29, 0.717) is 5.56 Å². The average molecular weight is 274 g/mol. The Balaban J connectivity index is 2.55. The number of aromatic nitrogens is 3. The molecular formula is C11H7ClF3N3. The highest BCUT2D eigenvalue weighted by Gasteiger charge is 2.33. The van der Waals surface area contributed by atoms with Crippen LogP contribution in [-0.2, 0) is 6.18 Å². The minimum absolute atomic E-state index is 0.0959. The number of nitrogens with zero attached hydrogens (tertiary/aromatic N) is 3. The summed E-state index contributed by atoms with van der Waals surface area (Å²) in [6, 6.07) is 2.52. The van der Waals surface area contributed by atoms with Gasteiger partial charge in [-0.05, 0) is 36.2 Å². The highest BCUT2D eigenvalue weighted by atomic mass is 35.5. The molecule has 2 aromatic rings. The third-order valence-electron chi connectivity index (χ3n) is 2.16. The highest BCUT2D eigenvalue weighted by Crippen LogP contribution is 2.30. The summed E-state index contributed by atoms with van der Waals surface area (Å²) < 4.78 is 37.7. The van der Waals surface area contributed by atoms with Crippen LogP contribution in [0.5, 0.6) is 0 Å². The quantitative estimate of drug-likeness (QED) is 0.746. The molecule has 0 saturated heterocycles. The zero-order valence-electron chi connectivity index (χ0n) is 9.16. The molecule has 7 heteroatoms. The lowest BCUT2D eigenvalue weighted by molar-refractivity contribution is -0.141. The molecule has 0 N–H and O–H groups in total. The summed E-state index contributed by atoms with van der Waals surface area (Å²) in [6.07, 6.45) is -1.54. The Hall–Kier alpha value is -1.69. The van der Waals surface area contributed by atoms with Gasteiger partial charge < -0.3 is 0 Å². The second kappa shape index (κ2) is 4.53. The van der Waals surface area contributed by atoms with Crippen LogP contribution in [0.3, 0.4) is 0 Å². The molecule has 0 aromatic carbocycles. The largest absolute Gasteiger partial charge is 0.433 e. The maximum atomic E-state index is 12.6. The van der Waals surface area contributed by atoms with E-state index in [0.717, 1.165) is 11.6 Å². The Kier molecular flexibility index (Phi) is 3.21. The van der Waals surface area contributed by atoms with Crippen molar-refractivity contribution >= 4 is 11.6 Å². The van der Waals surface area contributed by atoms with Crippen molar-refractivity contribution in [1.82, 2.24) is 15.0 Å². The Morgan fingerprint density at radius 3 is 2.44 bits per heavy atom. The maximum Gasteiger partial charge on any atom is 0.433 e. The lowest BCUT2D eigenvalue weighted by Crippen LogP contribution is -2.09. The zero-order valence-corrected chi connectivity index (χ0v) is 9.92. The van der Waals surface area contributed by atoms with Crippen molar-refractivity contribution in [2.24, 2.45) is 0 Å². The minimum atomic E-state index is -4.56. The number of hydrogen-bond donors (Lipinski definition) is 0. The summed E-state index contributed by atoms with van der Waals surface area (Å²) in [5.41, 5.74) is 0.304. The molecule has 2 rings (SSSR count). The van der Waals surface area contributed by atoms with E-state index in [1.54, 1.807) is 19.2 Å². The Labute approximate surface area is 106 Å². The fourth-order valence-electron chi connectivity index (χ4n) is 1.41. The summed E-state index contributed by atoms with van der Waals surface area (Å²) in [5.74, 6) is 0. The summed E-state index contributed by atoms with van der Waals surface area (Å²) >= 11 is 5.50. The van der Waals surface area contributed by atoms with Crippen LogP contribution in [-0.4, -0.2) is 15.0 Å². The van der Waals surface area contributed by atoms with E-state index in [-0.39, 0.29) is 5.69 Å². The zero-order chi connectivity index (χ0) is 13.3. The van der Waals surface area contributed by atoms with Crippen LogP contribution in [0.25, 0.3) is 11.3 Å². The predicted octanol–water partition coefficient (Wildman–Crippen LogP) is 3.52. The summed E-state index contributed by atoms with van der Waals surface area (Å²) in [7, 11) is 0.